The molecule has 0 fully saturated rings. The van der Waals surface area contributed by atoms with Crippen molar-refractivity contribution in [3.05, 3.63) is 228 Å². The lowest BCUT2D eigenvalue weighted by molar-refractivity contribution is 0.103. The second kappa shape index (κ2) is 14.3. The number of hydrazone groups is 2. The summed E-state index contributed by atoms with van der Waals surface area (Å²) in [6.07, 6.45) is 1.56. The average Bonchev–Trinajstić information content (AvgIpc) is 3.93. The van der Waals surface area contributed by atoms with E-state index in [-0.39, 0.29) is 17.9 Å². The molecule has 0 spiro atoms. The zero-order chi connectivity index (χ0) is 37.4. The molecule has 5 heteroatoms. The van der Waals surface area contributed by atoms with Crippen LogP contribution in [0.5, 0.6) is 0 Å². The summed E-state index contributed by atoms with van der Waals surface area (Å²) in [6, 6.07) is 66.7. The number of benzene rings is 8. The number of carbonyl (C=O) groups is 1. The summed E-state index contributed by atoms with van der Waals surface area (Å²) in [5.74, 6) is -0.0240. The molecule has 0 bridgehead atoms. The van der Waals surface area contributed by atoms with Crippen LogP contribution in [-0.2, 0) is 0 Å². The molecule has 8 aromatic carbocycles. The molecule has 2 atom stereocenters. The number of nitrogens with zero attached hydrogens (tertiary/aromatic N) is 4. The maximum atomic E-state index is 14.0. The van der Waals surface area contributed by atoms with Crippen LogP contribution in [0, 0.1) is 0 Å². The summed E-state index contributed by atoms with van der Waals surface area (Å²) in [5, 5.41) is 19.5. The highest BCUT2D eigenvalue weighted by atomic mass is 16.1. The lowest BCUT2D eigenvalue weighted by atomic mass is 9.93. The molecule has 8 aromatic rings. The summed E-state index contributed by atoms with van der Waals surface area (Å²) in [5.41, 5.74) is 9.96. The first kappa shape index (κ1) is 33.5. The predicted molar refractivity (Wildman–Crippen MR) is 230 cm³/mol. The van der Waals surface area contributed by atoms with Crippen LogP contribution in [-0.4, -0.2) is 17.2 Å². The fourth-order valence-corrected chi connectivity index (χ4v) is 8.37. The van der Waals surface area contributed by atoms with E-state index in [1.165, 1.54) is 32.7 Å². The molecule has 0 aliphatic carbocycles. The van der Waals surface area contributed by atoms with E-state index in [0.717, 1.165) is 46.8 Å². The minimum absolute atomic E-state index is 0.0127. The maximum Gasteiger partial charge on any atom is 0.193 e. The molecule has 2 unspecified atom stereocenters. The second-order valence-electron chi connectivity index (χ2n) is 14.5. The Morgan fingerprint density at radius 1 is 0.411 bits per heavy atom. The first-order valence-corrected chi connectivity index (χ1v) is 19.2. The lowest BCUT2D eigenvalue weighted by Crippen LogP contribution is -2.19. The number of anilines is 2. The first-order chi connectivity index (χ1) is 27.7. The Kier molecular flexibility index (Phi) is 8.53. The van der Waals surface area contributed by atoms with Gasteiger partial charge in [-0.2, -0.15) is 10.2 Å². The van der Waals surface area contributed by atoms with Crippen LogP contribution in [0.1, 0.15) is 63.1 Å². The van der Waals surface area contributed by atoms with E-state index in [0.29, 0.717) is 11.1 Å². The molecule has 2 heterocycles. The van der Waals surface area contributed by atoms with Crippen molar-refractivity contribution < 1.29 is 4.79 Å². The van der Waals surface area contributed by atoms with Gasteiger partial charge in [0.1, 0.15) is 0 Å². The largest absolute Gasteiger partial charge is 0.289 e. The van der Waals surface area contributed by atoms with Crippen molar-refractivity contribution in [2.75, 3.05) is 10.0 Å². The normalized spacial score (nSPS) is 16.6. The van der Waals surface area contributed by atoms with Gasteiger partial charge in [-0.3, -0.25) is 14.8 Å². The van der Waals surface area contributed by atoms with Gasteiger partial charge in [0, 0.05) is 24.0 Å². The molecule has 2 aliphatic heterocycles. The van der Waals surface area contributed by atoms with Crippen molar-refractivity contribution in [2.45, 2.75) is 24.9 Å². The lowest BCUT2D eigenvalue weighted by Gasteiger charge is -2.25. The van der Waals surface area contributed by atoms with Crippen LogP contribution < -0.4 is 10.0 Å². The highest BCUT2D eigenvalue weighted by molar-refractivity contribution is 6.10. The Balaban J connectivity index is 0.944. The van der Waals surface area contributed by atoms with Gasteiger partial charge >= 0.3 is 0 Å². The topological polar surface area (TPSA) is 48.3 Å². The van der Waals surface area contributed by atoms with Crippen LogP contribution in [0.25, 0.3) is 21.5 Å². The monoisotopic (exact) mass is 722 g/mol. The maximum absolute atomic E-state index is 14.0. The molecule has 56 heavy (non-hydrogen) atoms. The standard InChI is InChI=1S/C51H38N4O/c56-51(39-25-29-41(30-26-39)54-49(33-47(52-54)37-15-3-1-4-16-37)45-23-11-19-35-13-7-9-21-43(35)45)40-27-31-42(32-28-40)55-50(34-48(53-55)38-17-5-2-6-18-38)46-24-12-20-36-14-8-10-22-44(36)46/h1-32,49-50H,33-34H2. The number of carbonyl (C=O) groups excluding carboxylic acids is 1. The van der Waals surface area contributed by atoms with Crippen LogP contribution in [0.3, 0.4) is 0 Å². The third-order valence-electron chi connectivity index (χ3n) is 11.2. The molecule has 0 amide bonds. The number of ketones is 1. The molecule has 268 valence electrons. The van der Waals surface area contributed by atoms with Crippen LogP contribution in [0.4, 0.5) is 11.4 Å². The average molecular weight is 723 g/mol. The minimum atomic E-state index is -0.0240. The van der Waals surface area contributed by atoms with E-state index in [9.17, 15) is 4.79 Å². The third kappa shape index (κ3) is 6.13. The summed E-state index contributed by atoms with van der Waals surface area (Å²) < 4.78 is 0. The van der Waals surface area contributed by atoms with Gasteiger partial charge in [-0.15, -0.1) is 0 Å². The summed E-state index contributed by atoms with van der Waals surface area (Å²) in [7, 11) is 0. The molecular formula is C51H38N4O. The zero-order valence-corrected chi connectivity index (χ0v) is 30.7. The fourth-order valence-electron chi connectivity index (χ4n) is 8.37. The van der Waals surface area contributed by atoms with E-state index in [4.69, 9.17) is 10.2 Å². The third-order valence-corrected chi connectivity index (χ3v) is 11.2. The van der Waals surface area contributed by atoms with Gasteiger partial charge in [0.25, 0.3) is 0 Å². The number of rotatable bonds is 8. The molecule has 2 aliphatic rings. The smallest absolute Gasteiger partial charge is 0.193 e. The van der Waals surface area contributed by atoms with Crippen molar-refractivity contribution in [1.82, 2.24) is 0 Å². The van der Waals surface area contributed by atoms with Gasteiger partial charge in [-0.05, 0) is 92.3 Å². The molecule has 0 N–H and O–H groups in total. The molecule has 0 aromatic heterocycles. The summed E-state index contributed by atoms with van der Waals surface area (Å²) >= 11 is 0. The molecular weight excluding hydrogens is 685 g/mol. The van der Waals surface area contributed by atoms with Gasteiger partial charge in [-0.25, -0.2) is 0 Å². The van der Waals surface area contributed by atoms with E-state index in [1.807, 2.05) is 60.7 Å². The molecule has 0 saturated heterocycles. The van der Waals surface area contributed by atoms with E-state index < -0.39 is 0 Å². The van der Waals surface area contributed by atoms with Crippen molar-refractivity contribution in [1.29, 1.82) is 0 Å². The Hall–Kier alpha value is -7.11. The summed E-state index contributed by atoms with van der Waals surface area (Å²) in [6.45, 7) is 0. The Morgan fingerprint density at radius 3 is 1.21 bits per heavy atom. The Bertz CT molecular complexity index is 2570. The fraction of sp³-hybridized carbons (Fsp3) is 0.0784. The van der Waals surface area contributed by atoms with Crippen molar-refractivity contribution in [2.24, 2.45) is 10.2 Å². The highest BCUT2D eigenvalue weighted by Gasteiger charge is 2.33. The van der Waals surface area contributed by atoms with Crippen molar-refractivity contribution >= 4 is 50.1 Å². The van der Waals surface area contributed by atoms with Gasteiger partial charge in [0.15, 0.2) is 5.78 Å². The quantitative estimate of drug-likeness (QED) is 0.147. The SMILES string of the molecule is O=C(c1ccc(N2N=C(c3ccccc3)CC2c2cccc3ccccc23)cc1)c1ccc(N2N=C(c3ccccc3)CC2c2cccc3ccccc23)cc1. The first-order valence-electron chi connectivity index (χ1n) is 19.2. The van der Waals surface area contributed by atoms with Gasteiger partial charge in [0.2, 0.25) is 0 Å². The van der Waals surface area contributed by atoms with Crippen LogP contribution >= 0.6 is 0 Å². The summed E-state index contributed by atoms with van der Waals surface area (Å²) in [4.78, 5) is 14.0. The highest BCUT2D eigenvalue weighted by Crippen LogP contribution is 2.41. The molecule has 0 radical (unpaired) electrons. The van der Waals surface area contributed by atoms with Gasteiger partial charge < -0.3 is 0 Å². The van der Waals surface area contributed by atoms with Gasteiger partial charge in [-0.1, -0.05) is 146 Å². The number of fused-ring (bicyclic) bond motifs is 2. The van der Waals surface area contributed by atoms with Crippen molar-refractivity contribution in [3.63, 3.8) is 0 Å². The van der Waals surface area contributed by atoms with E-state index in [1.54, 1.807) is 0 Å². The van der Waals surface area contributed by atoms with Gasteiger partial charge in [0.05, 0.1) is 34.9 Å². The number of hydrogen-bond donors (Lipinski definition) is 0. The minimum Gasteiger partial charge on any atom is -0.289 e. The second-order valence-corrected chi connectivity index (χ2v) is 14.5. The Morgan fingerprint density at radius 2 is 0.786 bits per heavy atom. The number of hydrogen-bond acceptors (Lipinski definition) is 5. The predicted octanol–water partition coefficient (Wildman–Crippen LogP) is 11.9. The van der Waals surface area contributed by atoms with E-state index >= 15 is 0 Å². The molecule has 0 saturated carbocycles. The van der Waals surface area contributed by atoms with Crippen molar-refractivity contribution in [3.8, 4) is 0 Å². The molecule has 5 nitrogen and oxygen atoms in total. The van der Waals surface area contributed by atoms with Crippen LogP contribution in [0.15, 0.2) is 204 Å². The zero-order valence-electron chi connectivity index (χ0n) is 30.7. The van der Waals surface area contributed by atoms with Crippen LogP contribution in [0.2, 0.25) is 0 Å². The van der Waals surface area contributed by atoms with E-state index in [2.05, 4.69) is 143 Å². The molecule has 10 rings (SSSR count). The Labute approximate surface area is 326 Å².